The summed E-state index contributed by atoms with van der Waals surface area (Å²) in [5.41, 5.74) is 3.96. The molecule has 0 saturated heterocycles. The minimum Gasteiger partial charge on any atom is -0.314 e. The summed E-state index contributed by atoms with van der Waals surface area (Å²) in [6.45, 7) is 5.25. The summed E-state index contributed by atoms with van der Waals surface area (Å²) in [7, 11) is 0. The fourth-order valence-electron chi connectivity index (χ4n) is 2.69. The van der Waals surface area contributed by atoms with Crippen molar-refractivity contribution < 1.29 is 4.39 Å². The SMILES string of the molecule is CCNC(CCc1ccccc1C)Cc1ccc(F)cc1. The third kappa shape index (κ3) is 4.98. The van der Waals surface area contributed by atoms with Crippen molar-refractivity contribution in [2.24, 2.45) is 0 Å². The Labute approximate surface area is 127 Å². The molecule has 0 aromatic heterocycles. The number of rotatable bonds is 7. The van der Waals surface area contributed by atoms with E-state index in [1.807, 2.05) is 12.1 Å². The molecule has 0 heterocycles. The molecule has 0 saturated carbocycles. The number of aryl methyl sites for hydroxylation is 2. The number of benzene rings is 2. The Morgan fingerprint density at radius 1 is 1.05 bits per heavy atom. The highest BCUT2D eigenvalue weighted by molar-refractivity contribution is 5.26. The number of hydrogen-bond acceptors (Lipinski definition) is 1. The van der Waals surface area contributed by atoms with Gasteiger partial charge in [0.2, 0.25) is 0 Å². The quantitative estimate of drug-likeness (QED) is 0.800. The van der Waals surface area contributed by atoms with Crippen LogP contribution in [0.25, 0.3) is 0 Å². The molecule has 0 aliphatic carbocycles. The zero-order chi connectivity index (χ0) is 15.1. The second kappa shape index (κ2) is 7.94. The van der Waals surface area contributed by atoms with Crippen LogP contribution in [0, 0.1) is 12.7 Å². The molecule has 0 fully saturated rings. The second-order valence-electron chi connectivity index (χ2n) is 5.55. The van der Waals surface area contributed by atoms with Crippen LogP contribution in [0.4, 0.5) is 4.39 Å². The predicted molar refractivity (Wildman–Crippen MR) is 87.1 cm³/mol. The summed E-state index contributed by atoms with van der Waals surface area (Å²) in [5, 5.41) is 3.54. The Hall–Kier alpha value is -1.67. The maximum absolute atomic E-state index is 13.0. The Morgan fingerprint density at radius 3 is 2.43 bits per heavy atom. The van der Waals surface area contributed by atoms with E-state index in [9.17, 15) is 4.39 Å². The molecule has 2 aromatic rings. The largest absolute Gasteiger partial charge is 0.314 e. The van der Waals surface area contributed by atoms with Crippen molar-refractivity contribution in [1.29, 1.82) is 0 Å². The van der Waals surface area contributed by atoms with Gasteiger partial charge in [-0.3, -0.25) is 0 Å². The lowest BCUT2D eigenvalue weighted by Crippen LogP contribution is -2.31. The highest BCUT2D eigenvalue weighted by Crippen LogP contribution is 2.13. The van der Waals surface area contributed by atoms with E-state index in [2.05, 4.69) is 43.4 Å². The molecule has 0 spiro atoms. The van der Waals surface area contributed by atoms with Gasteiger partial charge in [-0.2, -0.15) is 0 Å². The van der Waals surface area contributed by atoms with Gasteiger partial charge >= 0.3 is 0 Å². The smallest absolute Gasteiger partial charge is 0.123 e. The molecule has 1 atom stereocenters. The molecule has 0 bridgehead atoms. The molecule has 0 aliphatic heterocycles. The summed E-state index contributed by atoms with van der Waals surface area (Å²) in [5.74, 6) is -0.168. The van der Waals surface area contributed by atoms with E-state index in [1.165, 1.54) is 16.7 Å². The predicted octanol–water partition coefficient (Wildman–Crippen LogP) is 4.29. The van der Waals surface area contributed by atoms with Crippen LogP contribution in [0.5, 0.6) is 0 Å². The average Bonchev–Trinajstić information content (AvgIpc) is 2.49. The minimum absolute atomic E-state index is 0.168. The first-order valence-corrected chi connectivity index (χ1v) is 7.71. The molecular formula is C19H24FN. The van der Waals surface area contributed by atoms with E-state index >= 15 is 0 Å². The Bertz CT molecular complexity index is 548. The van der Waals surface area contributed by atoms with Crippen LogP contribution in [-0.2, 0) is 12.8 Å². The summed E-state index contributed by atoms with van der Waals surface area (Å²) in [6.07, 6.45) is 3.11. The molecule has 1 N–H and O–H groups in total. The van der Waals surface area contributed by atoms with Gasteiger partial charge in [0.25, 0.3) is 0 Å². The van der Waals surface area contributed by atoms with Crippen molar-refractivity contribution in [2.75, 3.05) is 6.54 Å². The molecule has 0 radical (unpaired) electrons. The van der Waals surface area contributed by atoms with Crippen LogP contribution in [0.15, 0.2) is 48.5 Å². The highest BCUT2D eigenvalue weighted by atomic mass is 19.1. The van der Waals surface area contributed by atoms with Gasteiger partial charge in [0.15, 0.2) is 0 Å². The molecule has 1 unspecified atom stereocenters. The monoisotopic (exact) mass is 285 g/mol. The number of likely N-dealkylation sites (N-methyl/N-ethyl adjacent to an activating group) is 1. The van der Waals surface area contributed by atoms with Gasteiger partial charge in [0.1, 0.15) is 5.82 Å². The van der Waals surface area contributed by atoms with Gasteiger partial charge in [-0.1, -0.05) is 43.3 Å². The van der Waals surface area contributed by atoms with Crippen LogP contribution in [-0.4, -0.2) is 12.6 Å². The molecule has 112 valence electrons. The normalized spacial score (nSPS) is 12.3. The van der Waals surface area contributed by atoms with Crippen LogP contribution >= 0.6 is 0 Å². The van der Waals surface area contributed by atoms with Gasteiger partial charge in [0.05, 0.1) is 0 Å². The lowest BCUT2D eigenvalue weighted by atomic mass is 9.97. The van der Waals surface area contributed by atoms with Crippen LogP contribution < -0.4 is 5.32 Å². The zero-order valence-corrected chi connectivity index (χ0v) is 12.9. The van der Waals surface area contributed by atoms with E-state index in [-0.39, 0.29) is 5.82 Å². The first-order valence-electron chi connectivity index (χ1n) is 7.71. The number of halogens is 1. The summed E-state index contributed by atoms with van der Waals surface area (Å²) in [6, 6.07) is 15.8. The van der Waals surface area contributed by atoms with E-state index in [0.29, 0.717) is 6.04 Å². The molecule has 0 aliphatic rings. The van der Waals surface area contributed by atoms with Gasteiger partial charge in [-0.15, -0.1) is 0 Å². The third-order valence-corrected chi connectivity index (χ3v) is 3.91. The van der Waals surface area contributed by atoms with Gasteiger partial charge in [-0.05, 0) is 61.6 Å². The molecule has 1 nitrogen and oxygen atoms in total. The number of hydrogen-bond donors (Lipinski definition) is 1. The zero-order valence-electron chi connectivity index (χ0n) is 12.9. The van der Waals surface area contributed by atoms with Crippen LogP contribution in [0.3, 0.4) is 0 Å². The molecule has 2 heteroatoms. The van der Waals surface area contributed by atoms with E-state index in [4.69, 9.17) is 0 Å². The lowest BCUT2D eigenvalue weighted by Gasteiger charge is -2.18. The van der Waals surface area contributed by atoms with Crippen molar-refractivity contribution in [1.82, 2.24) is 5.32 Å². The standard InChI is InChI=1S/C19H24FN/c1-3-21-19(14-16-8-11-18(20)12-9-16)13-10-17-7-5-4-6-15(17)2/h4-9,11-12,19,21H,3,10,13-14H2,1-2H3. The highest BCUT2D eigenvalue weighted by Gasteiger charge is 2.09. The third-order valence-electron chi connectivity index (χ3n) is 3.91. The molecule has 2 aromatic carbocycles. The molecule has 0 amide bonds. The topological polar surface area (TPSA) is 12.0 Å². The van der Waals surface area contributed by atoms with Gasteiger partial charge in [-0.25, -0.2) is 4.39 Å². The van der Waals surface area contributed by atoms with Crippen LogP contribution in [0.1, 0.15) is 30.0 Å². The van der Waals surface area contributed by atoms with Crippen molar-refractivity contribution >= 4 is 0 Å². The first kappa shape index (κ1) is 15.7. The average molecular weight is 285 g/mol. The minimum atomic E-state index is -0.168. The van der Waals surface area contributed by atoms with Crippen molar-refractivity contribution in [3.8, 4) is 0 Å². The van der Waals surface area contributed by atoms with E-state index in [0.717, 1.165) is 25.8 Å². The lowest BCUT2D eigenvalue weighted by molar-refractivity contribution is 0.490. The summed E-state index contributed by atoms with van der Waals surface area (Å²) >= 11 is 0. The molecule has 21 heavy (non-hydrogen) atoms. The van der Waals surface area contributed by atoms with Crippen LogP contribution in [0.2, 0.25) is 0 Å². The Balaban J connectivity index is 1.95. The number of nitrogens with one attached hydrogen (secondary N) is 1. The van der Waals surface area contributed by atoms with E-state index in [1.54, 1.807) is 12.1 Å². The maximum atomic E-state index is 13.0. The fourth-order valence-corrected chi connectivity index (χ4v) is 2.69. The first-order chi connectivity index (χ1) is 10.2. The van der Waals surface area contributed by atoms with Gasteiger partial charge < -0.3 is 5.32 Å². The maximum Gasteiger partial charge on any atom is 0.123 e. The second-order valence-corrected chi connectivity index (χ2v) is 5.55. The Morgan fingerprint density at radius 2 is 1.76 bits per heavy atom. The Kier molecular flexibility index (Phi) is 5.94. The van der Waals surface area contributed by atoms with Crippen molar-refractivity contribution in [3.05, 3.63) is 71.0 Å². The van der Waals surface area contributed by atoms with Crippen molar-refractivity contribution in [2.45, 2.75) is 39.2 Å². The van der Waals surface area contributed by atoms with Crippen molar-refractivity contribution in [3.63, 3.8) is 0 Å². The van der Waals surface area contributed by atoms with E-state index < -0.39 is 0 Å². The fraction of sp³-hybridized carbons (Fsp3) is 0.368. The summed E-state index contributed by atoms with van der Waals surface area (Å²) in [4.78, 5) is 0. The molecular weight excluding hydrogens is 261 g/mol. The van der Waals surface area contributed by atoms with Gasteiger partial charge in [0, 0.05) is 6.04 Å². The summed E-state index contributed by atoms with van der Waals surface area (Å²) < 4.78 is 13.0. The molecule has 2 rings (SSSR count).